The lowest BCUT2D eigenvalue weighted by molar-refractivity contribution is 0.124. The van der Waals surface area contributed by atoms with Crippen LogP contribution in [0, 0.1) is 5.92 Å². The molecule has 0 aromatic heterocycles. The predicted molar refractivity (Wildman–Crippen MR) is 31.4 cm³/mol. The predicted octanol–water partition coefficient (Wildman–Crippen LogP) is 2.00. The Morgan fingerprint density at radius 3 is 2.38 bits per heavy atom. The van der Waals surface area contributed by atoms with Gasteiger partial charge in [0, 0.05) is 11.2 Å². The molecule has 0 aromatic rings. The van der Waals surface area contributed by atoms with Crippen LogP contribution in [0.5, 0.6) is 0 Å². The summed E-state index contributed by atoms with van der Waals surface area (Å²) >= 11 is 1.55. The lowest BCUT2D eigenvalue weighted by Gasteiger charge is -1.91. The minimum Gasteiger partial charge on any atom is -0.210 e. The fourth-order valence-electron chi connectivity index (χ4n) is 0.726. The van der Waals surface area contributed by atoms with Gasteiger partial charge in [-0.3, -0.25) is 0 Å². The van der Waals surface area contributed by atoms with Crippen LogP contribution < -0.4 is 0 Å². The fraction of sp³-hybridized carbons (Fsp3) is 1.00. The van der Waals surface area contributed by atoms with Crippen LogP contribution in [0.1, 0.15) is 6.42 Å². The van der Waals surface area contributed by atoms with Crippen LogP contribution in [0.2, 0.25) is 0 Å². The van der Waals surface area contributed by atoms with Crippen molar-refractivity contribution in [2.75, 3.05) is 6.26 Å². The Balaban J connectivity index is 2.16. The van der Waals surface area contributed by atoms with Crippen molar-refractivity contribution in [3.63, 3.8) is 0 Å². The molecule has 0 heterocycles. The molecule has 1 rings (SSSR count). The van der Waals surface area contributed by atoms with E-state index in [9.17, 15) is 8.78 Å². The quantitative estimate of drug-likeness (QED) is 0.562. The maximum Gasteiger partial charge on any atom is 0.242 e. The first kappa shape index (κ1) is 6.33. The Morgan fingerprint density at radius 2 is 2.25 bits per heavy atom. The zero-order valence-corrected chi connectivity index (χ0v) is 5.42. The van der Waals surface area contributed by atoms with Crippen molar-refractivity contribution < 1.29 is 8.78 Å². The SMILES string of the molecule is CSC1CC1C(F)F. The van der Waals surface area contributed by atoms with E-state index in [1.807, 2.05) is 6.26 Å². The van der Waals surface area contributed by atoms with E-state index < -0.39 is 6.43 Å². The summed E-state index contributed by atoms with van der Waals surface area (Å²) in [5, 5.41) is 0.259. The van der Waals surface area contributed by atoms with Crippen LogP contribution in [0.4, 0.5) is 8.78 Å². The monoisotopic (exact) mass is 138 g/mol. The van der Waals surface area contributed by atoms with E-state index in [0.29, 0.717) is 0 Å². The maximum atomic E-state index is 11.6. The van der Waals surface area contributed by atoms with Gasteiger partial charge in [0.1, 0.15) is 0 Å². The zero-order valence-electron chi connectivity index (χ0n) is 4.60. The van der Waals surface area contributed by atoms with E-state index in [4.69, 9.17) is 0 Å². The molecule has 1 aliphatic rings. The van der Waals surface area contributed by atoms with Crippen molar-refractivity contribution in [3.05, 3.63) is 0 Å². The molecular formula is C5H8F2S. The molecule has 0 N–H and O–H groups in total. The van der Waals surface area contributed by atoms with Gasteiger partial charge in [0.2, 0.25) is 6.43 Å². The minimum atomic E-state index is -2.08. The van der Waals surface area contributed by atoms with E-state index in [0.717, 1.165) is 6.42 Å². The van der Waals surface area contributed by atoms with Gasteiger partial charge in [0.05, 0.1) is 0 Å². The summed E-state index contributed by atoms with van der Waals surface area (Å²) in [4.78, 5) is 0. The van der Waals surface area contributed by atoms with Gasteiger partial charge in [-0.2, -0.15) is 11.8 Å². The number of hydrogen-bond donors (Lipinski definition) is 0. The van der Waals surface area contributed by atoms with E-state index in [2.05, 4.69) is 0 Å². The van der Waals surface area contributed by atoms with Gasteiger partial charge in [0.25, 0.3) is 0 Å². The van der Waals surface area contributed by atoms with Crippen molar-refractivity contribution in [2.45, 2.75) is 18.1 Å². The third-order valence-electron chi connectivity index (χ3n) is 1.41. The summed E-state index contributed by atoms with van der Waals surface area (Å²) in [6, 6.07) is 0. The molecule has 2 atom stereocenters. The Labute approximate surface area is 51.6 Å². The first-order valence-corrected chi connectivity index (χ1v) is 3.85. The van der Waals surface area contributed by atoms with Crippen LogP contribution in [-0.4, -0.2) is 17.9 Å². The van der Waals surface area contributed by atoms with Crippen molar-refractivity contribution >= 4 is 11.8 Å². The zero-order chi connectivity index (χ0) is 6.15. The van der Waals surface area contributed by atoms with Gasteiger partial charge in [0.15, 0.2) is 0 Å². The van der Waals surface area contributed by atoms with E-state index >= 15 is 0 Å². The molecule has 0 nitrogen and oxygen atoms in total. The number of hydrogen-bond acceptors (Lipinski definition) is 1. The van der Waals surface area contributed by atoms with Gasteiger partial charge >= 0.3 is 0 Å². The number of halogens is 2. The molecule has 1 saturated carbocycles. The largest absolute Gasteiger partial charge is 0.242 e. The van der Waals surface area contributed by atoms with Crippen molar-refractivity contribution in [3.8, 4) is 0 Å². The highest BCUT2D eigenvalue weighted by molar-refractivity contribution is 7.99. The molecule has 0 spiro atoms. The van der Waals surface area contributed by atoms with Crippen LogP contribution in [0.3, 0.4) is 0 Å². The second kappa shape index (κ2) is 2.21. The second-order valence-corrected chi connectivity index (χ2v) is 3.09. The summed E-state index contributed by atoms with van der Waals surface area (Å²) < 4.78 is 23.3. The molecule has 0 aromatic carbocycles. The molecule has 1 aliphatic carbocycles. The normalized spacial score (nSPS) is 36.0. The maximum absolute atomic E-state index is 11.6. The molecule has 0 saturated heterocycles. The van der Waals surface area contributed by atoms with Gasteiger partial charge in [-0.15, -0.1) is 0 Å². The highest BCUT2D eigenvalue weighted by Gasteiger charge is 2.43. The van der Waals surface area contributed by atoms with Gasteiger partial charge in [-0.05, 0) is 12.7 Å². The highest BCUT2D eigenvalue weighted by Crippen LogP contribution is 2.44. The van der Waals surface area contributed by atoms with Crippen molar-refractivity contribution in [1.82, 2.24) is 0 Å². The second-order valence-electron chi connectivity index (χ2n) is 2.01. The molecule has 48 valence electrons. The third-order valence-corrected chi connectivity index (χ3v) is 2.55. The molecule has 1 fully saturated rings. The van der Waals surface area contributed by atoms with Crippen LogP contribution in [0.25, 0.3) is 0 Å². The Bertz CT molecular complexity index is 84.5. The lowest BCUT2D eigenvalue weighted by atomic mass is 10.5. The third kappa shape index (κ3) is 1.13. The Kier molecular flexibility index (Phi) is 1.75. The smallest absolute Gasteiger partial charge is 0.210 e. The standard InChI is InChI=1S/C5H8F2S/c1-8-4-2-3(4)5(6)7/h3-5H,2H2,1H3. The van der Waals surface area contributed by atoms with Crippen LogP contribution in [0.15, 0.2) is 0 Å². The van der Waals surface area contributed by atoms with Crippen LogP contribution in [-0.2, 0) is 0 Å². The molecule has 2 unspecified atom stereocenters. The topological polar surface area (TPSA) is 0 Å². The van der Waals surface area contributed by atoms with E-state index in [1.165, 1.54) is 0 Å². The van der Waals surface area contributed by atoms with Gasteiger partial charge in [-0.1, -0.05) is 0 Å². The first-order chi connectivity index (χ1) is 3.75. The highest BCUT2D eigenvalue weighted by atomic mass is 32.2. The summed E-state index contributed by atoms with van der Waals surface area (Å²) in [6.45, 7) is 0. The number of thioether (sulfide) groups is 1. The number of alkyl halides is 2. The van der Waals surface area contributed by atoms with E-state index in [1.54, 1.807) is 11.8 Å². The molecule has 0 amide bonds. The average Bonchev–Trinajstić information content (AvgIpc) is 2.42. The average molecular weight is 138 g/mol. The van der Waals surface area contributed by atoms with E-state index in [-0.39, 0.29) is 11.2 Å². The van der Waals surface area contributed by atoms with Crippen LogP contribution >= 0.6 is 11.8 Å². The molecule has 0 radical (unpaired) electrons. The molecule has 8 heavy (non-hydrogen) atoms. The summed E-state index contributed by atoms with van der Waals surface area (Å²) in [7, 11) is 0. The minimum absolute atomic E-state index is 0.259. The molecule has 0 bridgehead atoms. The lowest BCUT2D eigenvalue weighted by Crippen LogP contribution is -1.95. The van der Waals surface area contributed by atoms with Gasteiger partial charge in [-0.25, -0.2) is 8.78 Å². The summed E-state index contributed by atoms with van der Waals surface area (Å²) in [6.07, 6.45) is 0.527. The molecule has 0 aliphatic heterocycles. The van der Waals surface area contributed by atoms with Gasteiger partial charge < -0.3 is 0 Å². The molecular weight excluding hydrogens is 130 g/mol. The van der Waals surface area contributed by atoms with Crippen molar-refractivity contribution in [1.29, 1.82) is 0 Å². The summed E-state index contributed by atoms with van der Waals surface area (Å²) in [5.74, 6) is -0.287. The fourth-order valence-corrected chi connectivity index (χ4v) is 1.61. The Morgan fingerprint density at radius 1 is 1.62 bits per heavy atom. The Hall–Kier alpha value is 0.210. The van der Waals surface area contributed by atoms with Crippen molar-refractivity contribution in [2.24, 2.45) is 5.92 Å². The first-order valence-electron chi connectivity index (χ1n) is 2.56. The molecule has 3 heteroatoms. The number of rotatable bonds is 2. The summed E-state index contributed by atoms with van der Waals surface area (Å²) in [5.41, 5.74) is 0.